The molecule has 2 N–H and O–H groups in total. The molecule has 0 saturated carbocycles. The quantitative estimate of drug-likeness (QED) is 0.798. The number of methoxy groups -OCH3 is 1. The zero-order valence-corrected chi connectivity index (χ0v) is 9.21. The third-order valence-corrected chi connectivity index (χ3v) is 2.57. The molecule has 2 heteroatoms. The van der Waals surface area contributed by atoms with E-state index in [4.69, 9.17) is 10.5 Å². The van der Waals surface area contributed by atoms with E-state index in [9.17, 15) is 0 Å². The molecule has 1 aromatic rings. The Hall–Kier alpha value is -1.02. The Labute approximate surface area is 86.1 Å². The van der Waals surface area contributed by atoms with Gasteiger partial charge in [-0.2, -0.15) is 0 Å². The first-order valence-corrected chi connectivity index (χ1v) is 5.15. The number of ether oxygens (including phenoxy) is 1. The number of hydrogen-bond donors (Lipinski definition) is 1. The van der Waals surface area contributed by atoms with Crippen molar-refractivity contribution in [2.45, 2.75) is 32.7 Å². The third-order valence-electron chi connectivity index (χ3n) is 2.57. The van der Waals surface area contributed by atoms with E-state index in [1.165, 1.54) is 11.1 Å². The Morgan fingerprint density at radius 1 is 1.36 bits per heavy atom. The third kappa shape index (κ3) is 2.26. The normalized spacial score (nSPS) is 12.6. The van der Waals surface area contributed by atoms with Crippen molar-refractivity contribution in [1.82, 2.24) is 0 Å². The molecule has 0 aromatic heterocycles. The van der Waals surface area contributed by atoms with Crippen molar-refractivity contribution in [2.24, 2.45) is 5.73 Å². The summed E-state index contributed by atoms with van der Waals surface area (Å²) in [6.07, 6.45) is 1.98. The summed E-state index contributed by atoms with van der Waals surface area (Å²) >= 11 is 0. The second-order valence-corrected chi connectivity index (χ2v) is 3.43. The highest BCUT2D eigenvalue weighted by Gasteiger charge is 2.09. The van der Waals surface area contributed by atoms with Crippen LogP contribution in [-0.4, -0.2) is 7.11 Å². The minimum atomic E-state index is 0.125. The number of rotatable bonds is 4. The lowest BCUT2D eigenvalue weighted by molar-refractivity contribution is 0.413. The van der Waals surface area contributed by atoms with Crippen molar-refractivity contribution in [2.75, 3.05) is 7.11 Å². The van der Waals surface area contributed by atoms with Gasteiger partial charge in [0.1, 0.15) is 5.75 Å². The topological polar surface area (TPSA) is 35.2 Å². The van der Waals surface area contributed by atoms with E-state index in [2.05, 4.69) is 19.9 Å². The summed E-state index contributed by atoms with van der Waals surface area (Å²) in [6.45, 7) is 4.25. The van der Waals surface area contributed by atoms with E-state index in [-0.39, 0.29) is 6.04 Å². The Kier molecular flexibility index (Phi) is 3.96. The molecule has 0 saturated heterocycles. The minimum Gasteiger partial charge on any atom is -0.497 e. The molecular weight excluding hydrogens is 174 g/mol. The minimum absolute atomic E-state index is 0.125. The van der Waals surface area contributed by atoms with Crippen LogP contribution in [0.4, 0.5) is 0 Å². The smallest absolute Gasteiger partial charge is 0.119 e. The number of aryl methyl sites for hydroxylation is 1. The molecule has 1 atom stereocenters. The molecule has 0 radical (unpaired) electrons. The average Bonchev–Trinajstić information content (AvgIpc) is 2.27. The molecule has 0 aliphatic heterocycles. The van der Waals surface area contributed by atoms with Gasteiger partial charge in [0, 0.05) is 6.04 Å². The maximum absolute atomic E-state index is 6.04. The van der Waals surface area contributed by atoms with E-state index < -0.39 is 0 Å². The van der Waals surface area contributed by atoms with Crippen LogP contribution in [0.5, 0.6) is 5.75 Å². The van der Waals surface area contributed by atoms with Crippen LogP contribution in [0.1, 0.15) is 37.4 Å². The maximum atomic E-state index is 6.04. The van der Waals surface area contributed by atoms with Crippen molar-refractivity contribution < 1.29 is 4.74 Å². The molecular formula is C12H19NO. The van der Waals surface area contributed by atoms with E-state index >= 15 is 0 Å². The van der Waals surface area contributed by atoms with Crippen molar-refractivity contribution in [3.8, 4) is 5.75 Å². The van der Waals surface area contributed by atoms with Gasteiger partial charge in [-0.1, -0.05) is 19.9 Å². The summed E-state index contributed by atoms with van der Waals surface area (Å²) in [5, 5.41) is 0. The first-order valence-electron chi connectivity index (χ1n) is 5.15. The fourth-order valence-corrected chi connectivity index (χ4v) is 1.59. The SMILES string of the molecule is CCc1ccc(OC)cc1C(N)CC. The van der Waals surface area contributed by atoms with E-state index in [0.717, 1.165) is 18.6 Å². The summed E-state index contributed by atoms with van der Waals surface area (Å²) in [7, 11) is 1.68. The van der Waals surface area contributed by atoms with Crippen molar-refractivity contribution >= 4 is 0 Å². The van der Waals surface area contributed by atoms with Gasteiger partial charge in [0.05, 0.1) is 7.11 Å². The maximum Gasteiger partial charge on any atom is 0.119 e. The largest absolute Gasteiger partial charge is 0.497 e. The highest BCUT2D eigenvalue weighted by atomic mass is 16.5. The number of hydrogen-bond acceptors (Lipinski definition) is 2. The molecule has 0 bridgehead atoms. The first-order chi connectivity index (χ1) is 6.72. The lowest BCUT2D eigenvalue weighted by atomic mass is 9.97. The molecule has 14 heavy (non-hydrogen) atoms. The molecule has 78 valence electrons. The zero-order valence-electron chi connectivity index (χ0n) is 9.21. The average molecular weight is 193 g/mol. The lowest BCUT2D eigenvalue weighted by Crippen LogP contribution is -2.11. The van der Waals surface area contributed by atoms with E-state index in [1.54, 1.807) is 7.11 Å². The van der Waals surface area contributed by atoms with Gasteiger partial charge in [-0.05, 0) is 36.1 Å². The van der Waals surface area contributed by atoms with Crippen molar-refractivity contribution in [1.29, 1.82) is 0 Å². The van der Waals surface area contributed by atoms with Crippen molar-refractivity contribution in [3.63, 3.8) is 0 Å². The van der Waals surface area contributed by atoms with Crippen LogP contribution in [0.3, 0.4) is 0 Å². The molecule has 0 amide bonds. The lowest BCUT2D eigenvalue weighted by Gasteiger charge is -2.15. The summed E-state index contributed by atoms with van der Waals surface area (Å²) in [4.78, 5) is 0. The van der Waals surface area contributed by atoms with E-state index in [1.807, 2.05) is 12.1 Å². The van der Waals surface area contributed by atoms with Gasteiger partial charge in [0.25, 0.3) is 0 Å². The first kappa shape index (κ1) is 11.1. The molecule has 0 aliphatic carbocycles. The summed E-state index contributed by atoms with van der Waals surface area (Å²) < 4.78 is 5.19. The van der Waals surface area contributed by atoms with Crippen LogP contribution >= 0.6 is 0 Å². The van der Waals surface area contributed by atoms with E-state index in [0.29, 0.717) is 0 Å². The Morgan fingerprint density at radius 2 is 2.07 bits per heavy atom. The van der Waals surface area contributed by atoms with Crippen LogP contribution < -0.4 is 10.5 Å². The van der Waals surface area contributed by atoms with Crippen molar-refractivity contribution in [3.05, 3.63) is 29.3 Å². The number of benzene rings is 1. The van der Waals surface area contributed by atoms with Gasteiger partial charge in [-0.3, -0.25) is 0 Å². The van der Waals surface area contributed by atoms with Gasteiger partial charge in [-0.25, -0.2) is 0 Å². The molecule has 1 unspecified atom stereocenters. The molecule has 0 aliphatic rings. The monoisotopic (exact) mass is 193 g/mol. The zero-order chi connectivity index (χ0) is 10.6. The predicted octanol–water partition coefficient (Wildman–Crippen LogP) is 2.67. The van der Waals surface area contributed by atoms with Crippen LogP contribution in [0.15, 0.2) is 18.2 Å². The molecule has 1 rings (SSSR count). The van der Waals surface area contributed by atoms with Gasteiger partial charge in [-0.15, -0.1) is 0 Å². The van der Waals surface area contributed by atoms with Crippen LogP contribution in [0.2, 0.25) is 0 Å². The van der Waals surface area contributed by atoms with Crippen LogP contribution in [-0.2, 0) is 6.42 Å². The summed E-state index contributed by atoms with van der Waals surface area (Å²) in [5.74, 6) is 0.890. The summed E-state index contributed by atoms with van der Waals surface area (Å²) in [5.41, 5.74) is 8.58. The van der Waals surface area contributed by atoms with Gasteiger partial charge in [0.15, 0.2) is 0 Å². The van der Waals surface area contributed by atoms with Crippen LogP contribution in [0, 0.1) is 0 Å². The second kappa shape index (κ2) is 5.01. The fourth-order valence-electron chi connectivity index (χ4n) is 1.59. The number of nitrogens with two attached hydrogens (primary N) is 1. The van der Waals surface area contributed by atoms with Gasteiger partial charge in [0.2, 0.25) is 0 Å². The van der Waals surface area contributed by atoms with Gasteiger partial charge < -0.3 is 10.5 Å². The predicted molar refractivity (Wildman–Crippen MR) is 59.6 cm³/mol. The fraction of sp³-hybridized carbons (Fsp3) is 0.500. The van der Waals surface area contributed by atoms with Crippen LogP contribution in [0.25, 0.3) is 0 Å². The highest BCUT2D eigenvalue weighted by Crippen LogP contribution is 2.24. The molecule has 2 nitrogen and oxygen atoms in total. The second-order valence-electron chi connectivity index (χ2n) is 3.43. The van der Waals surface area contributed by atoms with Gasteiger partial charge >= 0.3 is 0 Å². The molecule has 0 spiro atoms. The highest BCUT2D eigenvalue weighted by molar-refractivity contribution is 5.37. The Balaban J connectivity index is 3.08. The molecule has 1 aromatic carbocycles. The standard InChI is InChI=1S/C12H19NO/c1-4-9-6-7-10(14-3)8-11(9)12(13)5-2/h6-8,12H,4-5,13H2,1-3H3. The Bertz CT molecular complexity index is 296. The summed E-state index contributed by atoms with van der Waals surface area (Å²) in [6, 6.07) is 6.27. The Morgan fingerprint density at radius 3 is 2.57 bits per heavy atom. The molecule has 0 heterocycles. The molecule has 0 fully saturated rings.